The molecule has 3 heteroatoms. The van der Waals surface area contributed by atoms with Crippen LogP contribution in [0.25, 0.3) is 10.1 Å². The van der Waals surface area contributed by atoms with Gasteiger partial charge in [0.1, 0.15) is 5.75 Å². The van der Waals surface area contributed by atoms with Crippen molar-refractivity contribution in [1.29, 1.82) is 0 Å². The Morgan fingerprint density at radius 1 is 1.42 bits per heavy atom. The fourth-order valence-electron chi connectivity index (χ4n) is 1.22. The normalized spacial score (nSPS) is 10.8. The molecule has 2 nitrogen and oxygen atoms in total. The average Bonchev–Trinajstić information content (AvgIpc) is 2.39. The lowest BCUT2D eigenvalue weighted by Gasteiger charge is -1.96. The number of aromatic nitrogens is 1. The van der Waals surface area contributed by atoms with Crippen LogP contribution >= 0.6 is 11.3 Å². The Kier molecular flexibility index (Phi) is 1.54. The lowest BCUT2D eigenvalue weighted by atomic mass is 10.2. The summed E-state index contributed by atoms with van der Waals surface area (Å²) in [6.45, 7) is 3.83. The van der Waals surface area contributed by atoms with Gasteiger partial charge < -0.3 is 5.11 Å². The minimum atomic E-state index is 0.317. The van der Waals surface area contributed by atoms with Crippen LogP contribution in [-0.2, 0) is 0 Å². The summed E-state index contributed by atoms with van der Waals surface area (Å²) in [6, 6.07) is 1.99. The van der Waals surface area contributed by atoms with Gasteiger partial charge in [0.2, 0.25) is 0 Å². The quantitative estimate of drug-likeness (QED) is 0.674. The molecule has 2 aromatic heterocycles. The maximum Gasteiger partial charge on any atom is 0.145 e. The van der Waals surface area contributed by atoms with Crippen molar-refractivity contribution >= 4 is 21.4 Å². The van der Waals surface area contributed by atoms with Crippen LogP contribution in [0.15, 0.2) is 12.3 Å². The van der Waals surface area contributed by atoms with Crippen molar-refractivity contribution in [3.05, 3.63) is 22.8 Å². The van der Waals surface area contributed by atoms with Crippen LogP contribution in [0.5, 0.6) is 5.75 Å². The number of pyridine rings is 1. The molecule has 0 radical (unpaired) electrons. The van der Waals surface area contributed by atoms with Crippen molar-refractivity contribution < 1.29 is 5.11 Å². The summed E-state index contributed by atoms with van der Waals surface area (Å²) in [4.78, 5) is 5.28. The average molecular weight is 179 g/mol. The van der Waals surface area contributed by atoms with Gasteiger partial charge in [-0.3, -0.25) is 4.98 Å². The molecule has 2 aromatic rings. The topological polar surface area (TPSA) is 33.1 Å². The summed E-state index contributed by atoms with van der Waals surface area (Å²) in [5, 5.41) is 10.5. The maximum atomic E-state index is 9.62. The van der Waals surface area contributed by atoms with Gasteiger partial charge in [0.15, 0.2) is 0 Å². The van der Waals surface area contributed by atoms with Gasteiger partial charge in [-0.15, -0.1) is 11.3 Å². The van der Waals surface area contributed by atoms with Gasteiger partial charge in [-0.2, -0.15) is 0 Å². The molecule has 0 aliphatic heterocycles. The number of hydrogen-bond acceptors (Lipinski definition) is 3. The molecule has 0 fully saturated rings. The molecule has 1 N–H and O–H groups in total. The molecular weight excluding hydrogens is 170 g/mol. The molecule has 0 saturated heterocycles. The first-order chi connectivity index (χ1) is 5.68. The Hall–Kier alpha value is -1.09. The van der Waals surface area contributed by atoms with E-state index in [-0.39, 0.29) is 0 Å². The van der Waals surface area contributed by atoms with E-state index in [0.717, 1.165) is 10.1 Å². The van der Waals surface area contributed by atoms with Gasteiger partial charge in [-0.25, -0.2) is 0 Å². The Labute approximate surface area is 74.5 Å². The first-order valence-corrected chi connectivity index (χ1v) is 4.55. The van der Waals surface area contributed by atoms with E-state index in [1.165, 1.54) is 4.88 Å². The van der Waals surface area contributed by atoms with Gasteiger partial charge in [0.25, 0.3) is 0 Å². The van der Waals surface area contributed by atoms with E-state index < -0.39 is 0 Å². The molecule has 2 heterocycles. The fourth-order valence-corrected chi connectivity index (χ4v) is 2.12. The minimum Gasteiger partial charge on any atom is -0.505 e. The summed E-state index contributed by atoms with van der Waals surface area (Å²) < 4.78 is 1.05. The molecular formula is C9H9NOS. The van der Waals surface area contributed by atoms with Gasteiger partial charge in [0.05, 0.1) is 10.4 Å². The first kappa shape index (κ1) is 7.55. The Morgan fingerprint density at radius 3 is 2.92 bits per heavy atom. The number of aromatic hydroxyl groups is 1. The van der Waals surface area contributed by atoms with Crippen molar-refractivity contribution in [3.8, 4) is 5.75 Å². The molecule has 0 bridgehead atoms. The number of thiophene rings is 1. The molecule has 0 aromatic carbocycles. The second kappa shape index (κ2) is 2.45. The Bertz CT molecular complexity index is 433. The summed E-state index contributed by atoms with van der Waals surface area (Å²) in [5.74, 6) is 0.317. The highest BCUT2D eigenvalue weighted by Crippen LogP contribution is 2.32. The fraction of sp³-hybridized carbons (Fsp3) is 0.222. The number of fused-ring (bicyclic) bond motifs is 1. The molecule has 0 atom stereocenters. The predicted octanol–water partition coefficient (Wildman–Crippen LogP) is 2.62. The zero-order chi connectivity index (χ0) is 8.72. The van der Waals surface area contributed by atoms with E-state index in [2.05, 4.69) is 4.98 Å². The molecule has 0 saturated carbocycles. The largest absolute Gasteiger partial charge is 0.505 e. The number of rotatable bonds is 0. The smallest absolute Gasteiger partial charge is 0.145 e. The van der Waals surface area contributed by atoms with Crippen LogP contribution in [0.4, 0.5) is 0 Å². The second-order valence-corrected chi connectivity index (χ2v) is 4.12. The highest BCUT2D eigenvalue weighted by atomic mass is 32.1. The van der Waals surface area contributed by atoms with Gasteiger partial charge in [-0.1, -0.05) is 0 Å². The van der Waals surface area contributed by atoms with Crippen LogP contribution in [0, 0.1) is 13.8 Å². The zero-order valence-electron chi connectivity index (χ0n) is 6.96. The Balaban J connectivity index is 2.89. The van der Waals surface area contributed by atoms with Gasteiger partial charge >= 0.3 is 0 Å². The van der Waals surface area contributed by atoms with Crippen LogP contribution in [-0.4, -0.2) is 10.1 Å². The van der Waals surface area contributed by atoms with Crippen molar-refractivity contribution in [2.24, 2.45) is 0 Å². The van der Waals surface area contributed by atoms with Crippen LogP contribution < -0.4 is 0 Å². The van der Waals surface area contributed by atoms with E-state index in [4.69, 9.17) is 0 Å². The van der Waals surface area contributed by atoms with E-state index in [1.54, 1.807) is 11.3 Å². The lowest BCUT2D eigenvalue weighted by molar-refractivity contribution is 0.474. The molecule has 0 aliphatic carbocycles. The third-order valence-electron chi connectivity index (χ3n) is 1.86. The number of aryl methyl sites for hydroxylation is 2. The van der Waals surface area contributed by atoms with E-state index in [1.807, 2.05) is 26.1 Å². The molecule has 0 aliphatic rings. The van der Waals surface area contributed by atoms with E-state index in [9.17, 15) is 5.11 Å². The zero-order valence-corrected chi connectivity index (χ0v) is 7.77. The van der Waals surface area contributed by atoms with Crippen LogP contribution in [0.2, 0.25) is 0 Å². The summed E-state index contributed by atoms with van der Waals surface area (Å²) in [6.07, 6.45) is 1.81. The monoisotopic (exact) mass is 179 g/mol. The van der Waals surface area contributed by atoms with E-state index in [0.29, 0.717) is 11.4 Å². The van der Waals surface area contributed by atoms with Gasteiger partial charge in [-0.05, 0) is 19.9 Å². The third kappa shape index (κ3) is 0.975. The van der Waals surface area contributed by atoms with Crippen molar-refractivity contribution in [2.45, 2.75) is 13.8 Å². The molecule has 0 amide bonds. The maximum absolute atomic E-state index is 9.62. The van der Waals surface area contributed by atoms with E-state index >= 15 is 0 Å². The number of nitrogens with zero attached hydrogens (tertiary/aromatic N) is 1. The highest BCUT2D eigenvalue weighted by molar-refractivity contribution is 7.19. The van der Waals surface area contributed by atoms with Crippen LogP contribution in [0.3, 0.4) is 0 Å². The van der Waals surface area contributed by atoms with Crippen molar-refractivity contribution in [2.75, 3.05) is 0 Å². The van der Waals surface area contributed by atoms with Crippen LogP contribution in [0.1, 0.15) is 10.6 Å². The van der Waals surface area contributed by atoms with Crippen molar-refractivity contribution in [1.82, 2.24) is 4.98 Å². The SMILES string of the molecule is Cc1cc2c(O)c(C)ncc2s1. The predicted molar refractivity (Wildman–Crippen MR) is 50.8 cm³/mol. The summed E-state index contributed by atoms with van der Waals surface area (Å²) in [7, 11) is 0. The second-order valence-electron chi connectivity index (χ2n) is 2.83. The standard InChI is InChI=1S/C9H9NOS/c1-5-3-7-8(12-5)4-10-6(2)9(7)11/h3-4,11H,1-2H3. The highest BCUT2D eigenvalue weighted by Gasteiger charge is 2.06. The Morgan fingerprint density at radius 2 is 2.17 bits per heavy atom. The summed E-state index contributed by atoms with van der Waals surface area (Å²) >= 11 is 1.65. The summed E-state index contributed by atoms with van der Waals surface area (Å²) in [5.41, 5.74) is 0.695. The molecule has 0 spiro atoms. The lowest BCUT2D eigenvalue weighted by Crippen LogP contribution is -1.79. The first-order valence-electron chi connectivity index (χ1n) is 3.73. The molecule has 0 unspecified atom stereocenters. The third-order valence-corrected chi connectivity index (χ3v) is 2.84. The van der Waals surface area contributed by atoms with Gasteiger partial charge in [0, 0.05) is 16.5 Å². The van der Waals surface area contributed by atoms with Crippen molar-refractivity contribution in [3.63, 3.8) is 0 Å². The molecule has 62 valence electrons. The number of hydrogen-bond donors (Lipinski definition) is 1. The molecule has 2 rings (SSSR count). The minimum absolute atomic E-state index is 0.317. The molecule has 12 heavy (non-hydrogen) atoms.